The molecule has 6 heteroatoms. The number of carbonyl (C=O) groups is 2. The molecule has 1 unspecified atom stereocenters. The number of rotatable bonds is 6. The molecule has 0 aliphatic carbocycles. The van der Waals surface area contributed by atoms with Gasteiger partial charge in [0.1, 0.15) is 0 Å². The Bertz CT molecular complexity index is 448. The number of carboxylic acids is 1. The van der Waals surface area contributed by atoms with Gasteiger partial charge >= 0.3 is 5.97 Å². The largest absolute Gasteiger partial charge is 0.481 e. The molecular weight excluding hydrogens is 312 g/mol. The summed E-state index contributed by atoms with van der Waals surface area (Å²) in [4.78, 5) is 23.9. The first-order chi connectivity index (χ1) is 8.90. The summed E-state index contributed by atoms with van der Waals surface area (Å²) in [6.45, 7) is 0.451. The predicted molar refractivity (Wildman–Crippen MR) is 75.5 cm³/mol. The van der Waals surface area contributed by atoms with E-state index in [-0.39, 0.29) is 18.7 Å². The van der Waals surface area contributed by atoms with E-state index in [4.69, 9.17) is 10.8 Å². The van der Waals surface area contributed by atoms with Gasteiger partial charge < -0.3 is 15.7 Å². The van der Waals surface area contributed by atoms with E-state index in [9.17, 15) is 9.59 Å². The first kappa shape index (κ1) is 15.7. The smallest absolute Gasteiger partial charge is 0.303 e. The molecule has 0 saturated carbocycles. The highest BCUT2D eigenvalue weighted by Gasteiger charge is 2.18. The normalized spacial score (nSPS) is 11.9. The fourth-order valence-corrected chi connectivity index (χ4v) is 1.89. The number of aliphatic carboxylic acids is 1. The summed E-state index contributed by atoms with van der Waals surface area (Å²) in [7, 11) is 1.66. The van der Waals surface area contributed by atoms with Gasteiger partial charge in [0.15, 0.2) is 0 Å². The van der Waals surface area contributed by atoms with E-state index in [0.717, 1.165) is 10.0 Å². The number of nitrogens with two attached hydrogens (primary N) is 1. The lowest BCUT2D eigenvalue weighted by molar-refractivity contribution is -0.137. The summed E-state index contributed by atoms with van der Waals surface area (Å²) >= 11 is 3.34. The molecule has 0 radical (unpaired) electrons. The van der Waals surface area contributed by atoms with Crippen molar-refractivity contribution in [3.63, 3.8) is 0 Å². The quantitative estimate of drug-likeness (QED) is 0.830. The Morgan fingerprint density at radius 1 is 1.37 bits per heavy atom. The fraction of sp³-hybridized carbons (Fsp3) is 0.385. The SMILES string of the molecule is CN(Cc1ccc(Br)cc1)C(=O)C(N)CCC(=O)O. The van der Waals surface area contributed by atoms with Crippen LogP contribution >= 0.6 is 15.9 Å². The van der Waals surface area contributed by atoms with Gasteiger partial charge in [-0.25, -0.2) is 0 Å². The van der Waals surface area contributed by atoms with Crippen molar-refractivity contribution in [1.82, 2.24) is 4.90 Å². The molecular formula is C13H17BrN2O3. The number of likely N-dealkylation sites (N-methyl/N-ethyl adjacent to an activating group) is 1. The number of halogens is 1. The Balaban J connectivity index is 2.52. The first-order valence-electron chi connectivity index (χ1n) is 5.87. The molecule has 0 heterocycles. The molecule has 0 saturated heterocycles. The molecule has 0 aromatic heterocycles. The zero-order valence-electron chi connectivity index (χ0n) is 10.7. The number of carbonyl (C=O) groups excluding carboxylic acids is 1. The van der Waals surface area contributed by atoms with E-state index in [2.05, 4.69) is 15.9 Å². The summed E-state index contributed by atoms with van der Waals surface area (Å²) in [5.74, 6) is -1.19. The number of nitrogens with zero attached hydrogens (tertiary/aromatic N) is 1. The minimum Gasteiger partial charge on any atom is -0.481 e. The van der Waals surface area contributed by atoms with Crippen LogP contribution in [0.25, 0.3) is 0 Å². The lowest BCUT2D eigenvalue weighted by Gasteiger charge is -2.21. The van der Waals surface area contributed by atoms with E-state index < -0.39 is 12.0 Å². The van der Waals surface area contributed by atoms with Gasteiger partial charge in [-0.15, -0.1) is 0 Å². The Hall–Kier alpha value is -1.40. The third kappa shape index (κ3) is 5.40. The predicted octanol–water partition coefficient (Wildman–Crippen LogP) is 1.60. The molecule has 3 N–H and O–H groups in total. The Morgan fingerprint density at radius 2 is 1.95 bits per heavy atom. The highest BCUT2D eigenvalue weighted by molar-refractivity contribution is 9.10. The maximum atomic E-state index is 11.9. The van der Waals surface area contributed by atoms with Crippen LogP contribution in [0, 0.1) is 0 Å². The summed E-state index contributed by atoms with van der Waals surface area (Å²) in [6, 6.07) is 6.86. The van der Waals surface area contributed by atoms with Crippen LogP contribution in [0.5, 0.6) is 0 Å². The average molecular weight is 329 g/mol. The van der Waals surface area contributed by atoms with E-state index in [1.54, 1.807) is 7.05 Å². The second-order valence-corrected chi connectivity index (χ2v) is 5.28. The Kier molecular flexibility index (Phi) is 5.98. The van der Waals surface area contributed by atoms with Gasteiger partial charge in [-0.05, 0) is 24.1 Å². The van der Waals surface area contributed by atoms with E-state index in [1.807, 2.05) is 24.3 Å². The van der Waals surface area contributed by atoms with Crippen molar-refractivity contribution < 1.29 is 14.7 Å². The molecule has 1 aromatic rings. The lowest BCUT2D eigenvalue weighted by atomic mass is 10.1. The zero-order chi connectivity index (χ0) is 14.4. The van der Waals surface area contributed by atoms with Crippen LogP contribution in [0.4, 0.5) is 0 Å². The number of hydrogen-bond acceptors (Lipinski definition) is 3. The van der Waals surface area contributed by atoms with Crippen LogP contribution in [0.2, 0.25) is 0 Å². The standard InChI is InChI=1S/C13H17BrN2O3/c1-16(8-9-2-4-10(14)5-3-9)13(19)11(15)6-7-12(17)18/h2-5,11H,6-8,15H2,1H3,(H,17,18). The van der Waals surface area contributed by atoms with Crippen molar-refractivity contribution in [3.8, 4) is 0 Å². The van der Waals surface area contributed by atoms with Crippen molar-refractivity contribution in [1.29, 1.82) is 0 Å². The fourth-order valence-electron chi connectivity index (χ4n) is 1.63. The second-order valence-electron chi connectivity index (χ2n) is 4.36. The van der Waals surface area contributed by atoms with Crippen molar-refractivity contribution in [2.45, 2.75) is 25.4 Å². The maximum Gasteiger partial charge on any atom is 0.303 e. The molecule has 1 rings (SSSR count). The minimum atomic E-state index is -0.946. The van der Waals surface area contributed by atoms with Gasteiger partial charge in [0.25, 0.3) is 0 Å². The van der Waals surface area contributed by atoms with Crippen molar-refractivity contribution in [2.75, 3.05) is 7.05 Å². The molecule has 0 fully saturated rings. The molecule has 1 atom stereocenters. The molecule has 0 aliphatic rings. The highest BCUT2D eigenvalue weighted by atomic mass is 79.9. The molecule has 1 aromatic carbocycles. The molecule has 0 spiro atoms. The van der Waals surface area contributed by atoms with E-state index in [0.29, 0.717) is 6.54 Å². The molecule has 5 nitrogen and oxygen atoms in total. The number of benzene rings is 1. The zero-order valence-corrected chi connectivity index (χ0v) is 12.3. The number of carboxylic acid groups (broad SMARTS) is 1. The molecule has 104 valence electrons. The van der Waals surface area contributed by atoms with Crippen LogP contribution in [0.3, 0.4) is 0 Å². The number of hydrogen-bond donors (Lipinski definition) is 2. The van der Waals surface area contributed by atoms with Crippen LogP contribution in [0.1, 0.15) is 18.4 Å². The van der Waals surface area contributed by atoms with E-state index in [1.165, 1.54) is 4.90 Å². The highest BCUT2D eigenvalue weighted by Crippen LogP contribution is 2.12. The first-order valence-corrected chi connectivity index (χ1v) is 6.66. The summed E-state index contributed by atoms with van der Waals surface area (Å²) < 4.78 is 0.975. The monoisotopic (exact) mass is 328 g/mol. The topological polar surface area (TPSA) is 83.6 Å². The van der Waals surface area contributed by atoms with Crippen LogP contribution in [-0.4, -0.2) is 35.0 Å². The van der Waals surface area contributed by atoms with Crippen molar-refractivity contribution in [3.05, 3.63) is 34.3 Å². The third-order valence-corrected chi connectivity index (χ3v) is 3.22. The molecule has 1 amide bonds. The van der Waals surface area contributed by atoms with Gasteiger partial charge in [0.05, 0.1) is 6.04 Å². The van der Waals surface area contributed by atoms with Crippen LogP contribution < -0.4 is 5.73 Å². The van der Waals surface area contributed by atoms with E-state index >= 15 is 0 Å². The lowest BCUT2D eigenvalue weighted by Crippen LogP contribution is -2.41. The number of amides is 1. The average Bonchev–Trinajstić information content (AvgIpc) is 2.37. The van der Waals surface area contributed by atoms with Crippen molar-refractivity contribution >= 4 is 27.8 Å². The Labute approximate surface area is 120 Å². The summed E-state index contributed by atoms with van der Waals surface area (Å²) in [5.41, 5.74) is 6.67. The Morgan fingerprint density at radius 3 is 2.47 bits per heavy atom. The van der Waals surface area contributed by atoms with Gasteiger partial charge in [-0.2, -0.15) is 0 Å². The second kappa shape index (κ2) is 7.25. The molecule has 0 aliphatic heterocycles. The van der Waals surface area contributed by atoms with Crippen LogP contribution in [-0.2, 0) is 16.1 Å². The minimum absolute atomic E-state index is 0.0982. The van der Waals surface area contributed by atoms with Crippen molar-refractivity contribution in [2.24, 2.45) is 5.73 Å². The maximum absolute atomic E-state index is 11.9. The van der Waals surface area contributed by atoms with Gasteiger partial charge in [0, 0.05) is 24.5 Å². The molecule has 0 bridgehead atoms. The summed E-state index contributed by atoms with van der Waals surface area (Å²) in [6.07, 6.45) is 0.0534. The summed E-state index contributed by atoms with van der Waals surface area (Å²) in [5, 5.41) is 8.56. The van der Waals surface area contributed by atoms with Gasteiger partial charge in [-0.1, -0.05) is 28.1 Å². The third-order valence-electron chi connectivity index (χ3n) is 2.70. The van der Waals surface area contributed by atoms with Gasteiger partial charge in [0.2, 0.25) is 5.91 Å². The van der Waals surface area contributed by atoms with Gasteiger partial charge in [-0.3, -0.25) is 9.59 Å². The van der Waals surface area contributed by atoms with Crippen LogP contribution in [0.15, 0.2) is 28.7 Å². The molecule has 19 heavy (non-hydrogen) atoms.